The maximum atomic E-state index is 5.24. The first-order valence-corrected chi connectivity index (χ1v) is 7.41. The van der Waals surface area contributed by atoms with Gasteiger partial charge in [0, 0.05) is 19.8 Å². The highest BCUT2D eigenvalue weighted by atomic mass is 16.5. The van der Waals surface area contributed by atoms with Gasteiger partial charge in [-0.1, -0.05) is 42.5 Å². The molecular formula is C20H23NO. The van der Waals surface area contributed by atoms with Crippen LogP contribution in [0, 0.1) is 0 Å². The maximum absolute atomic E-state index is 5.24. The Balaban J connectivity index is 2.41. The summed E-state index contributed by atoms with van der Waals surface area (Å²) in [6, 6.07) is 16.8. The van der Waals surface area contributed by atoms with Crippen LogP contribution in [0.4, 0.5) is 5.69 Å². The van der Waals surface area contributed by atoms with E-state index < -0.39 is 0 Å². The van der Waals surface area contributed by atoms with Gasteiger partial charge in [-0.3, -0.25) is 0 Å². The van der Waals surface area contributed by atoms with Gasteiger partial charge in [0.15, 0.2) is 0 Å². The SMILES string of the molecule is C/C=C/C=C(/c1ccc(OC)cc1)c1ccc(N(C)C)cc1. The van der Waals surface area contributed by atoms with Crippen LogP contribution in [-0.4, -0.2) is 21.2 Å². The van der Waals surface area contributed by atoms with Gasteiger partial charge in [0.05, 0.1) is 7.11 Å². The van der Waals surface area contributed by atoms with Crippen LogP contribution in [0.15, 0.2) is 66.8 Å². The fraction of sp³-hybridized carbons (Fsp3) is 0.200. The molecule has 2 aromatic rings. The van der Waals surface area contributed by atoms with Crippen LogP contribution in [0.3, 0.4) is 0 Å². The zero-order valence-electron chi connectivity index (χ0n) is 13.7. The van der Waals surface area contributed by atoms with Crippen molar-refractivity contribution in [2.24, 2.45) is 0 Å². The molecule has 0 saturated carbocycles. The fourth-order valence-corrected chi connectivity index (χ4v) is 2.26. The fourth-order valence-electron chi connectivity index (χ4n) is 2.26. The van der Waals surface area contributed by atoms with E-state index in [1.54, 1.807) is 7.11 Å². The van der Waals surface area contributed by atoms with Crippen molar-refractivity contribution in [2.75, 3.05) is 26.1 Å². The lowest BCUT2D eigenvalue weighted by atomic mass is 9.97. The molecule has 0 unspecified atom stereocenters. The van der Waals surface area contributed by atoms with Crippen LogP contribution in [0.2, 0.25) is 0 Å². The highest BCUT2D eigenvalue weighted by Gasteiger charge is 2.05. The molecule has 0 amide bonds. The van der Waals surface area contributed by atoms with Crippen molar-refractivity contribution in [2.45, 2.75) is 6.92 Å². The third-order valence-corrected chi connectivity index (χ3v) is 3.55. The average Bonchev–Trinajstić information content (AvgIpc) is 2.56. The van der Waals surface area contributed by atoms with E-state index in [0.717, 1.165) is 5.75 Å². The Kier molecular flexibility index (Phi) is 5.42. The quantitative estimate of drug-likeness (QED) is 0.736. The van der Waals surface area contributed by atoms with Gasteiger partial charge in [0.1, 0.15) is 5.75 Å². The molecule has 2 rings (SSSR count). The zero-order valence-corrected chi connectivity index (χ0v) is 13.7. The first-order valence-electron chi connectivity index (χ1n) is 7.41. The Morgan fingerprint density at radius 2 is 1.45 bits per heavy atom. The lowest BCUT2D eigenvalue weighted by Gasteiger charge is -2.14. The van der Waals surface area contributed by atoms with E-state index in [1.165, 1.54) is 22.4 Å². The van der Waals surface area contributed by atoms with Crippen LogP contribution >= 0.6 is 0 Å². The number of methoxy groups -OCH3 is 1. The molecule has 0 bridgehead atoms. The molecular weight excluding hydrogens is 270 g/mol. The predicted molar refractivity (Wildman–Crippen MR) is 95.7 cm³/mol. The summed E-state index contributed by atoms with van der Waals surface area (Å²) in [4.78, 5) is 2.10. The van der Waals surface area contributed by atoms with E-state index in [2.05, 4.69) is 67.5 Å². The Morgan fingerprint density at radius 3 is 1.91 bits per heavy atom. The first kappa shape index (κ1) is 15.9. The third kappa shape index (κ3) is 3.79. The molecule has 0 heterocycles. The monoisotopic (exact) mass is 293 g/mol. The molecule has 0 aliphatic carbocycles. The van der Waals surface area contributed by atoms with E-state index in [4.69, 9.17) is 4.74 Å². The van der Waals surface area contributed by atoms with Gasteiger partial charge >= 0.3 is 0 Å². The molecule has 2 nitrogen and oxygen atoms in total. The molecule has 22 heavy (non-hydrogen) atoms. The molecule has 0 aliphatic rings. The van der Waals surface area contributed by atoms with Crippen molar-refractivity contribution in [1.29, 1.82) is 0 Å². The molecule has 0 aliphatic heterocycles. The number of rotatable bonds is 5. The average molecular weight is 293 g/mol. The van der Waals surface area contributed by atoms with Gasteiger partial charge in [0.2, 0.25) is 0 Å². The standard InChI is InChI=1S/C20H23NO/c1-5-6-7-20(17-10-14-19(22-4)15-11-17)16-8-12-18(13-9-16)21(2)3/h5-15H,1-4H3/b6-5+,20-7+. The Bertz CT molecular complexity index is 649. The third-order valence-electron chi connectivity index (χ3n) is 3.55. The van der Waals surface area contributed by atoms with Gasteiger partial charge in [-0.05, 0) is 47.9 Å². The number of hydrogen-bond acceptors (Lipinski definition) is 2. The summed E-state index contributed by atoms with van der Waals surface area (Å²) in [5.41, 5.74) is 4.78. The van der Waals surface area contributed by atoms with Gasteiger partial charge in [-0.15, -0.1) is 0 Å². The molecule has 0 fully saturated rings. The topological polar surface area (TPSA) is 12.5 Å². The Labute approximate surface area is 133 Å². The molecule has 0 aromatic heterocycles. The summed E-state index contributed by atoms with van der Waals surface area (Å²) in [5.74, 6) is 0.872. The minimum atomic E-state index is 0.872. The molecule has 0 atom stereocenters. The molecule has 0 N–H and O–H groups in total. The van der Waals surface area contributed by atoms with Crippen molar-refractivity contribution in [1.82, 2.24) is 0 Å². The largest absolute Gasteiger partial charge is 0.497 e. The van der Waals surface area contributed by atoms with Crippen LogP contribution in [0.1, 0.15) is 18.1 Å². The number of nitrogens with zero attached hydrogens (tertiary/aromatic N) is 1. The number of hydrogen-bond donors (Lipinski definition) is 0. The molecule has 0 saturated heterocycles. The second kappa shape index (κ2) is 7.51. The van der Waals surface area contributed by atoms with Gasteiger partial charge < -0.3 is 9.64 Å². The summed E-state index contributed by atoms with van der Waals surface area (Å²) in [7, 11) is 5.79. The lowest BCUT2D eigenvalue weighted by Crippen LogP contribution is -2.08. The normalized spacial score (nSPS) is 11.7. The number of benzene rings is 2. The smallest absolute Gasteiger partial charge is 0.118 e. The van der Waals surface area contributed by atoms with Crippen LogP contribution in [0.5, 0.6) is 5.75 Å². The van der Waals surface area contributed by atoms with Crippen LogP contribution in [-0.2, 0) is 0 Å². The van der Waals surface area contributed by atoms with Crippen molar-refractivity contribution < 1.29 is 4.74 Å². The van der Waals surface area contributed by atoms with Crippen molar-refractivity contribution in [3.05, 3.63) is 77.9 Å². The maximum Gasteiger partial charge on any atom is 0.118 e. The van der Waals surface area contributed by atoms with Crippen molar-refractivity contribution in [3.8, 4) is 5.75 Å². The summed E-state index contributed by atoms with van der Waals surface area (Å²) >= 11 is 0. The van der Waals surface area contributed by atoms with E-state index >= 15 is 0 Å². The highest BCUT2D eigenvalue weighted by Crippen LogP contribution is 2.27. The molecule has 2 aromatic carbocycles. The van der Waals surface area contributed by atoms with Crippen molar-refractivity contribution in [3.63, 3.8) is 0 Å². The number of anilines is 1. The van der Waals surface area contributed by atoms with Crippen LogP contribution in [0.25, 0.3) is 5.57 Å². The van der Waals surface area contributed by atoms with Gasteiger partial charge in [-0.2, -0.15) is 0 Å². The second-order valence-electron chi connectivity index (χ2n) is 5.28. The van der Waals surface area contributed by atoms with Gasteiger partial charge in [-0.25, -0.2) is 0 Å². The Hall–Kier alpha value is -2.48. The van der Waals surface area contributed by atoms with E-state index in [-0.39, 0.29) is 0 Å². The van der Waals surface area contributed by atoms with E-state index in [9.17, 15) is 0 Å². The molecule has 2 heteroatoms. The summed E-state index contributed by atoms with van der Waals surface area (Å²) in [6.07, 6.45) is 6.25. The highest BCUT2D eigenvalue weighted by molar-refractivity contribution is 5.81. The lowest BCUT2D eigenvalue weighted by molar-refractivity contribution is 0.415. The predicted octanol–water partition coefficient (Wildman–Crippen LogP) is 4.77. The van der Waals surface area contributed by atoms with Crippen LogP contribution < -0.4 is 9.64 Å². The molecule has 0 spiro atoms. The minimum absolute atomic E-state index is 0.872. The number of allylic oxidation sites excluding steroid dienone is 3. The minimum Gasteiger partial charge on any atom is -0.497 e. The summed E-state index contributed by atoms with van der Waals surface area (Å²) in [5, 5.41) is 0. The molecule has 0 radical (unpaired) electrons. The van der Waals surface area contributed by atoms with Gasteiger partial charge in [0.25, 0.3) is 0 Å². The van der Waals surface area contributed by atoms with Crippen molar-refractivity contribution >= 4 is 11.3 Å². The molecule has 114 valence electrons. The Morgan fingerprint density at radius 1 is 0.909 bits per heavy atom. The van der Waals surface area contributed by atoms with E-state index in [1.807, 2.05) is 25.1 Å². The second-order valence-corrected chi connectivity index (χ2v) is 5.28. The number of ether oxygens (including phenoxy) is 1. The zero-order chi connectivity index (χ0) is 15.9. The first-order chi connectivity index (χ1) is 10.7. The van der Waals surface area contributed by atoms with E-state index in [0.29, 0.717) is 0 Å². The summed E-state index contributed by atoms with van der Waals surface area (Å²) in [6.45, 7) is 2.03. The summed E-state index contributed by atoms with van der Waals surface area (Å²) < 4.78 is 5.24.